The van der Waals surface area contributed by atoms with Crippen molar-refractivity contribution in [2.24, 2.45) is 11.7 Å². The van der Waals surface area contributed by atoms with Crippen molar-refractivity contribution in [3.05, 3.63) is 0 Å². The van der Waals surface area contributed by atoms with Crippen LogP contribution in [-0.4, -0.2) is 11.5 Å². The number of nitrogens with two attached hydrogens (primary N) is 1. The molecular formula is C10H17F2N. The van der Waals surface area contributed by atoms with Gasteiger partial charge < -0.3 is 5.73 Å². The van der Waals surface area contributed by atoms with Crippen molar-refractivity contribution >= 4 is 0 Å². The Morgan fingerprint density at radius 2 is 1.62 bits per heavy atom. The average Bonchev–Trinajstić information content (AvgIpc) is 2.81. The van der Waals surface area contributed by atoms with E-state index in [1.165, 1.54) is 12.8 Å². The Bertz CT molecular complexity index is 189. The van der Waals surface area contributed by atoms with E-state index in [1.54, 1.807) is 0 Å². The Morgan fingerprint density at radius 1 is 1.08 bits per heavy atom. The van der Waals surface area contributed by atoms with Crippen molar-refractivity contribution in [3.8, 4) is 0 Å². The molecule has 2 N–H and O–H groups in total. The van der Waals surface area contributed by atoms with Crippen LogP contribution in [0.1, 0.15) is 44.9 Å². The SMILES string of the molecule is NC1(CC2CC2)CCC(F)(F)CC1. The molecule has 0 aromatic heterocycles. The molecule has 2 saturated carbocycles. The molecule has 76 valence electrons. The van der Waals surface area contributed by atoms with Gasteiger partial charge in [-0.25, -0.2) is 8.78 Å². The Labute approximate surface area is 77.7 Å². The molecule has 0 atom stereocenters. The molecule has 0 unspecified atom stereocenters. The number of halogens is 2. The highest BCUT2D eigenvalue weighted by atomic mass is 19.3. The van der Waals surface area contributed by atoms with Crippen LogP contribution in [0.5, 0.6) is 0 Å². The van der Waals surface area contributed by atoms with E-state index < -0.39 is 5.92 Å². The maximum Gasteiger partial charge on any atom is 0.248 e. The lowest BCUT2D eigenvalue weighted by atomic mass is 9.77. The Hall–Kier alpha value is -0.180. The van der Waals surface area contributed by atoms with E-state index in [0.29, 0.717) is 12.8 Å². The van der Waals surface area contributed by atoms with Gasteiger partial charge in [0.05, 0.1) is 0 Å². The molecule has 2 aliphatic rings. The maximum atomic E-state index is 12.8. The molecule has 0 heterocycles. The summed E-state index contributed by atoms with van der Waals surface area (Å²) in [5, 5.41) is 0. The summed E-state index contributed by atoms with van der Waals surface area (Å²) in [4.78, 5) is 0. The fraction of sp³-hybridized carbons (Fsp3) is 1.00. The summed E-state index contributed by atoms with van der Waals surface area (Å²) in [5.74, 6) is -1.69. The zero-order valence-corrected chi connectivity index (χ0v) is 7.86. The zero-order valence-electron chi connectivity index (χ0n) is 7.86. The summed E-state index contributed by atoms with van der Waals surface area (Å²) in [6.07, 6.45) is 4.51. The molecule has 2 aliphatic carbocycles. The predicted octanol–water partition coefficient (Wildman–Crippen LogP) is 2.69. The minimum atomic E-state index is -2.44. The van der Waals surface area contributed by atoms with Gasteiger partial charge in [-0.05, 0) is 25.2 Å². The highest BCUT2D eigenvalue weighted by molar-refractivity contribution is 4.96. The third-order valence-electron chi connectivity index (χ3n) is 3.37. The van der Waals surface area contributed by atoms with Gasteiger partial charge in [0.1, 0.15) is 0 Å². The highest BCUT2D eigenvalue weighted by Crippen LogP contribution is 2.44. The van der Waals surface area contributed by atoms with Gasteiger partial charge in [-0.2, -0.15) is 0 Å². The van der Waals surface area contributed by atoms with Crippen LogP contribution in [-0.2, 0) is 0 Å². The van der Waals surface area contributed by atoms with Gasteiger partial charge in [0.2, 0.25) is 5.92 Å². The fourth-order valence-electron chi connectivity index (χ4n) is 2.21. The molecule has 13 heavy (non-hydrogen) atoms. The van der Waals surface area contributed by atoms with E-state index >= 15 is 0 Å². The van der Waals surface area contributed by atoms with E-state index in [0.717, 1.165) is 12.3 Å². The molecular weight excluding hydrogens is 172 g/mol. The molecule has 0 amide bonds. The highest BCUT2D eigenvalue weighted by Gasteiger charge is 2.43. The summed E-state index contributed by atoms with van der Waals surface area (Å²) >= 11 is 0. The van der Waals surface area contributed by atoms with Crippen LogP contribution in [0, 0.1) is 5.92 Å². The molecule has 0 aliphatic heterocycles. The van der Waals surface area contributed by atoms with Gasteiger partial charge in [0.15, 0.2) is 0 Å². The van der Waals surface area contributed by atoms with Crippen LogP contribution in [0.2, 0.25) is 0 Å². The first-order chi connectivity index (χ1) is 5.99. The average molecular weight is 189 g/mol. The second-order valence-electron chi connectivity index (χ2n) is 4.87. The molecule has 2 fully saturated rings. The first kappa shape index (κ1) is 9.38. The second-order valence-corrected chi connectivity index (χ2v) is 4.87. The number of rotatable bonds is 2. The van der Waals surface area contributed by atoms with Crippen LogP contribution in [0.25, 0.3) is 0 Å². The lowest BCUT2D eigenvalue weighted by molar-refractivity contribution is -0.0521. The first-order valence-electron chi connectivity index (χ1n) is 5.16. The van der Waals surface area contributed by atoms with Crippen molar-refractivity contribution in [2.45, 2.75) is 56.4 Å². The molecule has 1 nitrogen and oxygen atoms in total. The summed E-state index contributed by atoms with van der Waals surface area (Å²) < 4.78 is 25.7. The smallest absolute Gasteiger partial charge is 0.248 e. The summed E-state index contributed by atoms with van der Waals surface area (Å²) in [5.41, 5.74) is 5.83. The van der Waals surface area contributed by atoms with Crippen molar-refractivity contribution in [2.75, 3.05) is 0 Å². The Balaban J connectivity index is 1.87. The third kappa shape index (κ3) is 2.39. The minimum Gasteiger partial charge on any atom is -0.325 e. The molecule has 0 bridgehead atoms. The topological polar surface area (TPSA) is 26.0 Å². The second kappa shape index (κ2) is 2.91. The quantitative estimate of drug-likeness (QED) is 0.710. The predicted molar refractivity (Wildman–Crippen MR) is 47.7 cm³/mol. The van der Waals surface area contributed by atoms with Gasteiger partial charge in [-0.15, -0.1) is 0 Å². The lowest BCUT2D eigenvalue weighted by Gasteiger charge is -2.37. The van der Waals surface area contributed by atoms with Crippen molar-refractivity contribution in [3.63, 3.8) is 0 Å². The van der Waals surface area contributed by atoms with Crippen molar-refractivity contribution in [1.82, 2.24) is 0 Å². The Kier molecular flexibility index (Phi) is 2.10. The maximum absolute atomic E-state index is 12.8. The van der Waals surface area contributed by atoms with Crippen LogP contribution in [0.4, 0.5) is 8.78 Å². The molecule has 0 radical (unpaired) electrons. The normalized spacial score (nSPS) is 31.6. The molecule has 3 heteroatoms. The fourth-order valence-corrected chi connectivity index (χ4v) is 2.21. The number of alkyl halides is 2. The molecule has 2 rings (SSSR count). The number of hydrogen-bond donors (Lipinski definition) is 1. The van der Waals surface area contributed by atoms with Crippen LogP contribution >= 0.6 is 0 Å². The number of hydrogen-bond acceptors (Lipinski definition) is 1. The van der Waals surface area contributed by atoms with E-state index in [2.05, 4.69) is 0 Å². The zero-order chi connectivity index (χ0) is 9.53. The summed E-state index contributed by atoms with van der Waals surface area (Å²) in [6, 6.07) is 0. The molecule has 0 aromatic rings. The molecule has 0 saturated heterocycles. The Morgan fingerprint density at radius 3 is 2.08 bits per heavy atom. The summed E-state index contributed by atoms with van der Waals surface area (Å²) in [7, 11) is 0. The molecule has 0 aromatic carbocycles. The van der Waals surface area contributed by atoms with Crippen LogP contribution < -0.4 is 5.73 Å². The van der Waals surface area contributed by atoms with Crippen molar-refractivity contribution in [1.29, 1.82) is 0 Å². The van der Waals surface area contributed by atoms with E-state index in [9.17, 15) is 8.78 Å². The van der Waals surface area contributed by atoms with Gasteiger partial charge in [-0.1, -0.05) is 12.8 Å². The monoisotopic (exact) mass is 189 g/mol. The van der Waals surface area contributed by atoms with Crippen molar-refractivity contribution < 1.29 is 8.78 Å². The third-order valence-corrected chi connectivity index (χ3v) is 3.37. The van der Waals surface area contributed by atoms with E-state index in [1.807, 2.05) is 0 Å². The van der Waals surface area contributed by atoms with Gasteiger partial charge in [0, 0.05) is 18.4 Å². The first-order valence-corrected chi connectivity index (χ1v) is 5.16. The summed E-state index contributed by atoms with van der Waals surface area (Å²) in [6.45, 7) is 0. The standard InChI is InChI=1S/C10H17F2N/c11-10(12)5-3-9(13,4-6-10)7-8-1-2-8/h8H,1-7,13H2. The van der Waals surface area contributed by atoms with Gasteiger partial charge in [-0.3, -0.25) is 0 Å². The van der Waals surface area contributed by atoms with Crippen LogP contribution in [0.3, 0.4) is 0 Å². The minimum absolute atomic E-state index is 0.00375. The van der Waals surface area contributed by atoms with Gasteiger partial charge in [0.25, 0.3) is 0 Å². The van der Waals surface area contributed by atoms with Crippen LogP contribution in [0.15, 0.2) is 0 Å². The largest absolute Gasteiger partial charge is 0.325 e. The van der Waals surface area contributed by atoms with E-state index in [4.69, 9.17) is 5.73 Å². The lowest BCUT2D eigenvalue weighted by Crippen LogP contribution is -2.46. The molecule has 0 spiro atoms. The van der Waals surface area contributed by atoms with E-state index in [-0.39, 0.29) is 18.4 Å². The van der Waals surface area contributed by atoms with Gasteiger partial charge >= 0.3 is 0 Å².